The molecule has 0 unspecified atom stereocenters. The maximum atomic E-state index is 11.8. The Morgan fingerprint density at radius 3 is 2.88 bits per heavy atom. The van der Waals surface area contributed by atoms with Gasteiger partial charge in [-0.2, -0.15) is 0 Å². The average Bonchev–Trinajstić information content (AvgIpc) is 2.37. The normalized spacial score (nSPS) is 20.1. The van der Waals surface area contributed by atoms with Gasteiger partial charge in [-0.15, -0.1) is 11.6 Å². The molecule has 0 radical (unpaired) electrons. The molecule has 1 saturated heterocycles. The van der Waals surface area contributed by atoms with Gasteiger partial charge in [0.15, 0.2) is 0 Å². The van der Waals surface area contributed by atoms with Crippen molar-refractivity contribution in [3.8, 4) is 0 Å². The summed E-state index contributed by atoms with van der Waals surface area (Å²) < 4.78 is 5.24. The highest BCUT2D eigenvalue weighted by molar-refractivity contribution is 6.20. The first-order chi connectivity index (χ1) is 8.25. The molecule has 1 aliphatic rings. The minimum atomic E-state index is -0.265. The Hall–Kier alpha value is -1.22. The molecule has 0 spiro atoms. The number of ether oxygens (including phenoxy) is 1. The third-order valence-corrected chi connectivity index (χ3v) is 3.18. The van der Waals surface area contributed by atoms with Crippen LogP contribution >= 0.6 is 11.6 Å². The molecule has 0 saturated carbocycles. The number of rotatable bonds is 2. The SMILES string of the molecule is O=C(OCc1ccccc1)N1CCC[C@H](Cl)C1. The first kappa shape index (κ1) is 12.2. The number of benzene rings is 1. The fourth-order valence-corrected chi connectivity index (χ4v) is 2.22. The third kappa shape index (κ3) is 3.63. The van der Waals surface area contributed by atoms with Gasteiger partial charge in [0.1, 0.15) is 6.61 Å². The molecule has 0 aromatic heterocycles. The molecule has 4 heteroatoms. The molecule has 0 N–H and O–H groups in total. The van der Waals surface area contributed by atoms with Crippen LogP contribution in [-0.2, 0) is 11.3 Å². The van der Waals surface area contributed by atoms with Crippen molar-refractivity contribution in [2.24, 2.45) is 0 Å². The van der Waals surface area contributed by atoms with E-state index in [9.17, 15) is 4.79 Å². The molecule has 17 heavy (non-hydrogen) atoms. The summed E-state index contributed by atoms with van der Waals surface area (Å²) in [5.74, 6) is 0. The molecule has 1 heterocycles. The number of carbonyl (C=O) groups is 1. The van der Waals surface area contributed by atoms with Crippen LogP contribution in [-0.4, -0.2) is 29.5 Å². The quantitative estimate of drug-likeness (QED) is 0.759. The van der Waals surface area contributed by atoms with Gasteiger partial charge in [0.25, 0.3) is 0 Å². The summed E-state index contributed by atoms with van der Waals surface area (Å²) in [5.41, 5.74) is 1.00. The number of alkyl halides is 1. The number of hydrogen-bond donors (Lipinski definition) is 0. The topological polar surface area (TPSA) is 29.5 Å². The molecule has 92 valence electrons. The van der Waals surface area contributed by atoms with Crippen LogP contribution in [0.4, 0.5) is 4.79 Å². The van der Waals surface area contributed by atoms with E-state index in [2.05, 4.69) is 0 Å². The number of likely N-dealkylation sites (tertiary alicyclic amines) is 1. The Bertz CT molecular complexity index is 369. The van der Waals surface area contributed by atoms with E-state index in [-0.39, 0.29) is 11.5 Å². The largest absolute Gasteiger partial charge is 0.445 e. The van der Waals surface area contributed by atoms with Crippen molar-refractivity contribution in [1.29, 1.82) is 0 Å². The lowest BCUT2D eigenvalue weighted by Crippen LogP contribution is -2.40. The van der Waals surface area contributed by atoms with Gasteiger partial charge in [-0.3, -0.25) is 0 Å². The number of carbonyl (C=O) groups excluding carboxylic acids is 1. The van der Waals surface area contributed by atoms with E-state index < -0.39 is 0 Å². The zero-order valence-corrected chi connectivity index (χ0v) is 10.4. The minimum Gasteiger partial charge on any atom is -0.445 e. The predicted octanol–water partition coefficient (Wildman–Crippen LogP) is 3.03. The maximum absolute atomic E-state index is 11.8. The molecule has 1 fully saturated rings. The highest BCUT2D eigenvalue weighted by atomic mass is 35.5. The van der Waals surface area contributed by atoms with Crippen LogP contribution in [0, 0.1) is 0 Å². The summed E-state index contributed by atoms with van der Waals surface area (Å²) in [6, 6.07) is 9.67. The Kier molecular flexibility index (Phi) is 4.26. The summed E-state index contributed by atoms with van der Waals surface area (Å²) in [4.78, 5) is 13.4. The summed E-state index contributed by atoms with van der Waals surface area (Å²) in [6.07, 6.45) is 1.66. The second kappa shape index (κ2) is 5.92. The van der Waals surface area contributed by atoms with Crippen LogP contribution in [0.3, 0.4) is 0 Å². The highest BCUT2D eigenvalue weighted by Crippen LogP contribution is 2.16. The predicted molar refractivity (Wildman–Crippen MR) is 67.1 cm³/mol. The van der Waals surface area contributed by atoms with Crippen molar-refractivity contribution >= 4 is 17.7 Å². The first-order valence-corrected chi connectivity index (χ1v) is 6.29. The molecule has 1 aromatic carbocycles. The van der Waals surface area contributed by atoms with E-state index >= 15 is 0 Å². The average molecular weight is 254 g/mol. The second-order valence-corrected chi connectivity index (χ2v) is 4.84. The van der Waals surface area contributed by atoms with Crippen LogP contribution in [0.1, 0.15) is 18.4 Å². The molecule has 0 bridgehead atoms. The first-order valence-electron chi connectivity index (χ1n) is 5.85. The lowest BCUT2D eigenvalue weighted by Gasteiger charge is -2.28. The van der Waals surface area contributed by atoms with Gasteiger partial charge < -0.3 is 9.64 Å². The summed E-state index contributed by atoms with van der Waals surface area (Å²) in [7, 11) is 0. The van der Waals surface area contributed by atoms with Crippen molar-refractivity contribution in [3.05, 3.63) is 35.9 Å². The second-order valence-electron chi connectivity index (χ2n) is 4.23. The van der Waals surface area contributed by atoms with Crippen molar-refractivity contribution in [2.75, 3.05) is 13.1 Å². The van der Waals surface area contributed by atoms with Crippen LogP contribution in [0.15, 0.2) is 30.3 Å². The van der Waals surface area contributed by atoms with Gasteiger partial charge in [0.2, 0.25) is 0 Å². The van der Waals surface area contributed by atoms with Gasteiger partial charge in [0, 0.05) is 13.1 Å². The molecule has 1 amide bonds. The van der Waals surface area contributed by atoms with Crippen LogP contribution in [0.25, 0.3) is 0 Å². The van der Waals surface area contributed by atoms with Crippen molar-refractivity contribution in [1.82, 2.24) is 4.90 Å². The Morgan fingerprint density at radius 2 is 2.18 bits per heavy atom. The zero-order chi connectivity index (χ0) is 12.1. The van der Waals surface area contributed by atoms with Gasteiger partial charge in [-0.05, 0) is 18.4 Å². The van der Waals surface area contributed by atoms with Crippen LogP contribution < -0.4 is 0 Å². The van der Waals surface area contributed by atoms with Gasteiger partial charge in [0.05, 0.1) is 5.38 Å². The van der Waals surface area contributed by atoms with Gasteiger partial charge >= 0.3 is 6.09 Å². The standard InChI is InChI=1S/C13H16ClNO2/c14-12-7-4-8-15(9-12)13(16)17-10-11-5-2-1-3-6-11/h1-3,5-6,12H,4,7-10H2/t12-/m0/s1. The van der Waals surface area contributed by atoms with E-state index in [4.69, 9.17) is 16.3 Å². The molecule has 1 atom stereocenters. The number of amides is 1. The van der Waals surface area contributed by atoms with Crippen LogP contribution in [0.2, 0.25) is 0 Å². The minimum absolute atomic E-state index is 0.0630. The van der Waals surface area contributed by atoms with Crippen LogP contribution in [0.5, 0.6) is 0 Å². The monoisotopic (exact) mass is 253 g/mol. The molecular formula is C13H16ClNO2. The summed E-state index contributed by atoms with van der Waals surface area (Å²) in [6.45, 7) is 1.66. The summed E-state index contributed by atoms with van der Waals surface area (Å²) in [5, 5.41) is 0.0630. The van der Waals surface area contributed by atoms with Gasteiger partial charge in [-0.1, -0.05) is 30.3 Å². The molecule has 1 aliphatic heterocycles. The maximum Gasteiger partial charge on any atom is 0.410 e. The lowest BCUT2D eigenvalue weighted by atomic mass is 10.1. The Labute approximate surface area is 106 Å². The fraction of sp³-hybridized carbons (Fsp3) is 0.462. The smallest absolute Gasteiger partial charge is 0.410 e. The highest BCUT2D eigenvalue weighted by Gasteiger charge is 2.22. The fourth-order valence-electron chi connectivity index (χ4n) is 1.90. The van der Waals surface area contributed by atoms with E-state index in [0.29, 0.717) is 13.2 Å². The van der Waals surface area contributed by atoms with Crippen molar-refractivity contribution < 1.29 is 9.53 Å². The van der Waals surface area contributed by atoms with E-state index in [1.54, 1.807) is 4.90 Å². The Morgan fingerprint density at radius 1 is 1.41 bits per heavy atom. The molecule has 2 rings (SSSR count). The number of piperidine rings is 1. The van der Waals surface area contributed by atoms with E-state index in [1.807, 2.05) is 30.3 Å². The molecular weight excluding hydrogens is 238 g/mol. The van der Waals surface area contributed by atoms with E-state index in [1.165, 1.54) is 0 Å². The van der Waals surface area contributed by atoms with E-state index in [0.717, 1.165) is 24.9 Å². The molecule has 1 aromatic rings. The Balaban J connectivity index is 1.81. The number of halogens is 1. The van der Waals surface area contributed by atoms with Crippen molar-refractivity contribution in [3.63, 3.8) is 0 Å². The molecule has 0 aliphatic carbocycles. The molecule has 3 nitrogen and oxygen atoms in total. The summed E-state index contributed by atoms with van der Waals surface area (Å²) >= 11 is 6.02. The third-order valence-electron chi connectivity index (χ3n) is 2.83. The number of hydrogen-bond acceptors (Lipinski definition) is 2. The van der Waals surface area contributed by atoms with Gasteiger partial charge in [-0.25, -0.2) is 4.79 Å². The zero-order valence-electron chi connectivity index (χ0n) is 9.64. The number of nitrogens with zero attached hydrogens (tertiary/aromatic N) is 1. The lowest BCUT2D eigenvalue weighted by molar-refractivity contribution is 0.0900. The van der Waals surface area contributed by atoms with Crippen molar-refractivity contribution in [2.45, 2.75) is 24.8 Å².